The largest absolute Gasteiger partial charge is 0.487 e. The summed E-state index contributed by atoms with van der Waals surface area (Å²) >= 11 is 6.64. The van der Waals surface area contributed by atoms with Crippen LogP contribution in [0.2, 0.25) is 5.02 Å². The van der Waals surface area contributed by atoms with Crippen LogP contribution in [-0.4, -0.2) is 67.3 Å². The first-order chi connectivity index (χ1) is 17.8. The van der Waals surface area contributed by atoms with Crippen molar-refractivity contribution in [2.24, 2.45) is 18.9 Å². The number of carboxylic acids is 1. The third kappa shape index (κ3) is 5.16. The second-order valence-corrected chi connectivity index (χ2v) is 10.6. The molecule has 3 aliphatic rings. The molecule has 1 aliphatic carbocycles. The Kier molecular flexibility index (Phi) is 7.37. The molecule has 1 saturated heterocycles. The maximum Gasteiger partial charge on any atom is 0.307 e. The Morgan fingerprint density at radius 1 is 1.14 bits per heavy atom. The van der Waals surface area contributed by atoms with Gasteiger partial charge in [0.25, 0.3) is 0 Å². The van der Waals surface area contributed by atoms with Gasteiger partial charge in [-0.1, -0.05) is 29.7 Å². The standard InChI is InChI=1S/C26H32ClN5O5/c1-30-13-16(28-29-30)15-37-22-9-8-20(27)19-10-12-32(21(24(19)22)14-31-11-4-7-23(31)33)25(34)17-5-2-3-6-18(17)26(35)36/h8-9,13,17-18,21H,2-7,10-12,14-15H2,1H3,(H,35,36)/t17?,18-,21-/m1/s1. The molecule has 5 rings (SSSR count). The summed E-state index contributed by atoms with van der Waals surface area (Å²) in [6, 6.07) is 3.11. The van der Waals surface area contributed by atoms with Crippen LogP contribution in [0.5, 0.6) is 5.75 Å². The highest BCUT2D eigenvalue weighted by molar-refractivity contribution is 6.31. The lowest BCUT2D eigenvalue weighted by Gasteiger charge is -2.43. The van der Waals surface area contributed by atoms with Gasteiger partial charge in [0.05, 0.1) is 24.1 Å². The zero-order chi connectivity index (χ0) is 26.1. The minimum Gasteiger partial charge on any atom is -0.487 e. The second-order valence-electron chi connectivity index (χ2n) is 10.2. The number of carbonyl (C=O) groups excluding carboxylic acids is 2. The normalized spacial score (nSPS) is 23.7. The van der Waals surface area contributed by atoms with E-state index in [1.54, 1.807) is 39.9 Å². The van der Waals surface area contributed by atoms with E-state index in [-0.39, 0.29) is 18.4 Å². The van der Waals surface area contributed by atoms with Gasteiger partial charge >= 0.3 is 5.97 Å². The number of halogens is 1. The average Bonchev–Trinajstić information content (AvgIpc) is 3.50. The predicted octanol–water partition coefficient (Wildman–Crippen LogP) is 2.99. The number of nitrogens with zero attached hydrogens (tertiary/aromatic N) is 5. The van der Waals surface area contributed by atoms with Gasteiger partial charge in [0.1, 0.15) is 18.1 Å². The molecule has 2 amide bonds. The summed E-state index contributed by atoms with van der Waals surface area (Å²) in [5, 5.41) is 18.5. The fourth-order valence-electron chi connectivity index (χ4n) is 6.01. The third-order valence-electron chi connectivity index (χ3n) is 7.85. The van der Waals surface area contributed by atoms with Gasteiger partial charge in [0.15, 0.2) is 0 Å². The molecule has 198 valence electrons. The molecule has 1 saturated carbocycles. The molecule has 1 unspecified atom stereocenters. The topological polar surface area (TPSA) is 118 Å². The Labute approximate surface area is 220 Å². The number of aryl methyl sites for hydroxylation is 1. The molecule has 2 aliphatic heterocycles. The molecule has 2 aromatic rings. The van der Waals surface area contributed by atoms with E-state index in [9.17, 15) is 19.5 Å². The van der Waals surface area contributed by atoms with Crippen molar-refractivity contribution in [1.29, 1.82) is 0 Å². The lowest BCUT2D eigenvalue weighted by atomic mass is 9.77. The van der Waals surface area contributed by atoms with E-state index in [0.717, 1.165) is 30.4 Å². The molecule has 3 atom stereocenters. The fourth-order valence-corrected chi connectivity index (χ4v) is 6.27. The van der Waals surface area contributed by atoms with Crippen molar-refractivity contribution in [2.75, 3.05) is 19.6 Å². The number of benzene rings is 1. The molecule has 0 radical (unpaired) electrons. The number of hydrogen-bond donors (Lipinski definition) is 1. The minimum absolute atomic E-state index is 0.0599. The van der Waals surface area contributed by atoms with Crippen LogP contribution >= 0.6 is 11.6 Å². The van der Waals surface area contributed by atoms with Crippen LogP contribution in [0.1, 0.15) is 61.4 Å². The van der Waals surface area contributed by atoms with E-state index in [1.807, 2.05) is 0 Å². The van der Waals surface area contributed by atoms with Crippen LogP contribution in [0.4, 0.5) is 0 Å². The quantitative estimate of drug-likeness (QED) is 0.585. The van der Waals surface area contributed by atoms with Gasteiger partial charge in [-0.3, -0.25) is 19.1 Å². The molecule has 1 N–H and O–H groups in total. The van der Waals surface area contributed by atoms with Crippen LogP contribution in [0.15, 0.2) is 18.3 Å². The number of fused-ring (bicyclic) bond motifs is 1. The minimum atomic E-state index is -0.919. The highest BCUT2D eigenvalue weighted by Gasteiger charge is 2.43. The number of carbonyl (C=O) groups is 3. The summed E-state index contributed by atoms with van der Waals surface area (Å²) in [5.41, 5.74) is 2.35. The zero-order valence-corrected chi connectivity index (χ0v) is 21.7. The Morgan fingerprint density at radius 2 is 1.92 bits per heavy atom. The van der Waals surface area contributed by atoms with Crippen molar-refractivity contribution in [3.63, 3.8) is 0 Å². The molecule has 2 fully saturated rings. The Balaban J connectivity index is 1.51. The second kappa shape index (κ2) is 10.7. The summed E-state index contributed by atoms with van der Waals surface area (Å²) in [6.45, 7) is 1.55. The molecule has 1 aromatic carbocycles. The van der Waals surface area contributed by atoms with Gasteiger partial charge < -0.3 is 19.6 Å². The SMILES string of the molecule is Cn1cc(COc2ccc(Cl)c3c2[C@@H](CN2CCCC2=O)N(C(=O)C2CCCC[C@H]2C(=O)O)CC3)nn1. The monoisotopic (exact) mass is 529 g/mol. The van der Waals surface area contributed by atoms with E-state index >= 15 is 0 Å². The highest BCUT2D eigenvalue weighted by atomic mass is 35.5. The number of hydrogen-bond acceptors (Lipinski definition) is 6. The van der Waals surface area contributed by atoms with E-state index < -0.39 is 23.8 Å². The van der Waals surface area contributed by atoms with Gasteiger partial charge in [-0.25, -0.2) is 0 Å². The first kappa shape index (κ1) is 25.5. The molecule has 10 nitrogen and oxygen atoms in total. The number of carboxylic acid groups (broad SMARTS) is 1. The number of ether oxygens (including phenoxy) is 1. The van der Waals surface area contributed by atoms with Crippen LogP contribution in [-0.2, 0) is 34.5 Å². The third-order valence-corrected chi connectivity index (χ3v) is 8.20. The van der Waals surface area contributed by atoms with Gasteiger partial charge in [0, 0.05) is 43.7 Å². The summed E-state index contributed by atoms with van der Waals surface area (Å²) in [6.07, 6.45) is 6.27. The summed E-state index contributed by atoms with van der Waals surface area (Å²) in [7, 11) is 1.78. The first-order valence-electron chi connectivity index (χ1n) is 12.9. The number of amides is 2. The molecular weight excluding hydrogens is 498 g/mol. The van der Waals surface area contributed by atoms with E-state index in [4.69, 9.17) is 16.3 Å². The van der Waals surface area contributed by atoms with Crippen molar-refractivity contribution in [2.45, 2.75) is 57.6 Å². The Bertz CT molecular complexity index is 1200. The molecule has 0 spiro atoms. The summed E-state index contributed by atoms with van der Waals surface area (Å²) < 4.78 is 7.80. The number of aliphatic carboxylic acids is 1. The molecule has 11 heteroatoms. The zero-order valence-electron chi connectivity index (χ0n) is 20.9. The van der Waals surface area contributed by atoms with Crippen LogP contribution in [0.3, 0.4) is 0 Å². The number of likely N-dealkylation sites (tertiary alicyclic amines) is 1. The van der Waals surface area contributed by atoms with Crippen molar-refractivity contribution >= 4 is 29.4 Å². The number of aromatic nitrogens is 3. The predicted molar refractivity (Wildman–Crippen MR) is 134 cm³/mol. The van der Waals surface area contributed by atoms with Gasteiger partial charge in [-0.15, -0.1) is 5.10 Å². The highest BCUT2D eigenvalue weighted by Crippen LogP contribution is 2.43. The Hall–Kier alpha value is -3.14. The molecule has 3 heterocycles. The Morgan fingerprint density at radius 3 is 2.59 bits per heavy atom. The van der Waals surface area contributed by atoms with Crippen molar-refractivity contribution in [3.05, 3.63) is 40.2 Å². The van der Waals surface area contributed by atoms with Gasteiger partial charge in [-0.05, 0) is 43.4 Å². The van der Waals surface area contributed by atoms with Gasteiger partial charge in [-0.2, -0.15) is 0 Å². The fraction of sp³-hybridized carbons (Fsp3) is 0.577. The van der Waals surface area contributed by atoms with Crippen LogP contribution in [0, 0.1) is 11.8 Å². The molecule has 0 bridgehead atoms. The summed E-state index contributed by atoms with van der Waals surface area (Å²) in [4.78, 5) is 42.2. The molecular formula is C26H32ClN5O5. The lowest BCUT2D eigenvalue weighted by Crippen LogP contribution is -2.50. The van der Waals surface area contributed by atoms with Gasteiger partial charge in [0.2, 0.25) is 11.8 Å². The maximum atomic E-state index is 14.0. The van der Waals surface area contributed by atoms with Crippen molar-refractivity contribution < 1.29 is 24.2 Å². The van der Waals surface area contributed by atoms with E-state index in [1.165, 1.54) is 0 Å². The van der Waals surface area contributed by atoms with Crippen LogP contribution < -0.4 is 4.74 Å². The molecule has 37 heavy (non-hydrogen) atoms. The van der Waals surface area contributed by atoms with E-state index in [2.05, 4.69) is 10.3 Å². The average molecular weight is 530 g/mol. The smallest absolute Gasteiger partial charge is 0.307 e. The molecule has 1 aromatic heterocycles. The first-order valence-corrected chi connectivity index (χ1v) is 13.3. The van der Waals surface area contributed by atoms with Crippen LogP contribution in [0.25, 0.3) is 0 Å². The van der Waals surface area contributed by atoms with Crippen molar-refractivity contribution in [3.8, 4) is 5.75 Å². The summed E-state index contributed by atoms with van der Waals surface area (Å²) in [5.74, 6) is -1.70. The van der Waals surface area contributed by atoms with E-state index in [0.29, 0.717) is 61.8 Å². The number of rotatable bonds is 7. The maximum absolute atomic E-state index is 14.0. The lowest BCUT2D eigenvalue weighted by molar-refractivity contribution is -0.154. The van der Waals surface area contributed by atoms with Crippen molar-refractivity contribution in [1.82, 2.24) is 24.8 Å².